The monoisotopic (exact) mass is 354 g/mol. The molecule has 6 heteroatoms. The van der Waals surface area contributed by atoms with Crippen LogP contribution in [0.15, 0.2) is 12.1 Å². The van der Waals surface area contributed by atoms with E-state index in [2.05, 4.69) is 5.32 Å². The third-order valence-electron chi connectivity index (χ3n) is 4.74. The van der Waals surface area contributed by atoms with Crippen LogP contribution in [0.25, 0.3) is 0 Å². The molecule has 1 heterocycles. The van der Waals surface area contributed by atoms with E-state index < -0.39 is 0 Å². The van der Waals surface area contributed by atoms with Crippen molar-refractivity contribution in [1.29, 1.82) is 0 Å². The van der Waals surface area contributed by atoms with Gasteiger partial charge in [-0.25, -0.2) is 0 Å². The van der Waals surface area contributed by atoms with Crippen molar-refractivity contribution in [3.05, 3.63) is 17.7 Å². The summed E-state index contributed by atoms with van der Waals surface area (Å²) in [5.41, 5.74) is 7.89. The van der Waals surface area contributed by atoms with Crippen LogP contribution in [-0.2, 0) is 11.2 Å². The van der Waals surface area contributed by atoms with Gasteiger partial charge in [0.15, 0.2) is 0 Å². The zero-order valence-corrected chi connectivity index (χ0v) is 15.2. The number of halogens is 1. The Bertz CT molecular complexity index is 594. The number of benzene rings is 1. The number of ether oxygens (including phenoxy) is 2. The molecule has 24 heavy (non-hydrogen) atoms. The quantitative estimate of drug-likeness (QED) is 0.851. The smallest absolute Gasteiger partial charge is 0.224 e. The van der Waals surface area contributed by atoms with Crippen molar-refractivity contribution in [2.45, 2.75) is 58.1 Å². The Kier molecular flexibility index (Phi) is 6.35. The van der Waals surface area contributed by atoms with E-state index in [9.17, 15) is 4.79 Å². The summed E-state index contributed by atoms with van der Waals surface area (Å²) in [6.45, 7) is 4.54. The largest absolute Gasteiger partial charge is 0.492 e. The lowest BCUT2D eigenvalue weighted by Crippen LogP contribution is -2.28. The van der Waals surface area contributed by atoms with Crippen LogP contribution in [0.3, 0.4) is 0 Å². The summed E-state index contributed by atoms with van der Waals surface area (Å²) in [6, 6.07) is 4.02. The molecule has 134 valence electrons. The molecule has 5 nitrogen and oxygen atoms in total. The standard InChI is InChI=1S/C18H26N2O3.ClH/c1-3-22-17-8-13-7-11(2)23-16(13)10-15(17)20-18(21)9-12-5-4-6-14(12)19;/h8,10-12,14H,3-7,9,19H2,1-2H3,(H,20,21);1H/t11?,12-,14+;/m0./s1. The summed E-state index contributed by atoms with van der Waals surface area (Å²) in [6.07, 6.45) is 4.70. The van der Waals surface area contributed by atoms with Gasteiger partial charge >= 0.3 is 0 Å². The van der Waals surface area contributed by atoms with E-state index in [1.807, 2.05) is 26.0 Å². The first-order valence-corrected chi connectivity index (χ1v) is 8.58. The van der Waals surface area contributed by atoms with E-state index in [1.54, 1.807) is 0 Å². The van der Waals surface area contributed by atoms with Gasteiger partial charge in [-0.1, -0.05) is 6.42 Å². The Hall–Kier alpha value is -1.46. The number of fused-ring (bicyclic) bond motifs is 1. The summed E-state index contributed by atoms with van der Waals surface area (Å²) < 4.78 is 11.5. The molecule has 1 fully saturated rings. The number of nitrogens with two attached hydrogens (primary N) is 1. The van der Waals surface area contributed by atoms with E-state index in [4.69, 9.17) is 15.2 Å². The number of anilines is 1. The van der Waals surface area contributed by atoms with Gasteiger partial charge in [0.1, 0.15) is 17.6 Å². The maximum atomic E-state index is 12.4. The summed E-state index contributed by atoms with van der Waals surface area (Å²) >= 11 is 0. The van der Waals surface area contributed by atoms with Gasteiger partial charge in [-0.05, 0) is 38.7 Å². The van der Waals surface area contributed by atoms with E-state index in [0.29, 0.717) is 24.5 Å². The fourth-order valence-corrected chi connectivity index (χ4v) is 3.57. The van der Waals surface area contributed by atoms with Crippen LogP contribution in [0, 0.1) is 5.92 Å². The molecule has 3 rings (SSSR count). The summed E-state index contributed by atoms with van der Waals surface area (Å²) in [4.78, 5) is 12.4. The number of nitrogens with one attached hydrogen (secondary N) is 1. The van der Waals surface area contributed by atoms with Crippen LogP contribution in [0.1, 0.15) is 45.1 Å². The molecule has 1 aromatic rings. The van der Waals surface area contributed by atoms with E-state index >= 15 is 0 Å². The lowest BCUT2D eigenvalue weighted by molar-refractivity contribution is -0.117. The van der Waals surface area contributed by atoms with Gasteiger partial charge in [0.05, 0.1) is 12.3 Å². The third-order valence-corrected chi connectivity index (χ3v) is 4.74. The highest BCUT2D eigenvalue weighted by Crippen LogP contribution is 2.38. The minimum atomic E-state index is -0.000650. The minimum Gasteiger partial charge on any atom is -0.492 e. The fraction of sp³-hybridized carbons (Fsp3) is 0.611. The first kappa shape index (κ1) is 18.9. The summed E-state index contributed by atoms with van der Waals surface area (Å²) in [7, 11) is 0. The van der Waals surface area contributed by atoms with E-state index in [0.717, 1.165) is 37.0 Å². The second kappa shape index (κ2) is 8.08. The molecule has 1 aliphatic heterocycles. The van der Waals surface area contributed by atoms with Crippen molar-refractivity contribution < 1.29 is 14.3 Å². The van der Waals surface area contributed by atoms with Crippen molar-refractivity contribution in [2.75, 3.05) is 11.9 Å². The lowest BCUT2D eigenvalue weighted by atomic mass is 10.00. The van der Waals surface area contributed by atoms with Gasteiger partial charge in [-0.3, -0.25) is 4.79 Å². The highest BCUT2D eigenvalue weighted by atomic mass is 35.5. The van der Waals surface area contributed by atoms with Gasteiger partial charge in [0.25, 0.3) is 0 Å². The molecule has 1 saturated carbocycles. The molecule has 3 atom stereocenters. The van der Waals surface area contributed by atoms with Crippen LogP contribution in [0.5, 0.6) is 11.5 Å². The number of rotatable bonds is 5. The van der Waals surface area contributed by atoms with Crippen LogP contribution < -0.4 is 20.5 Å². The molecule has 0 radical (unpaired) electrons. The Morgan fingerprint density at radius 2 is 2.21 bits per heavy atom. The van der Waals surface area contributed by atoms with Gasteiger partial charge in [0.2, 0.25) is 5.91 Å². The van der Waals surface area contributed by atoms with Crippen LogP contribution in [-0.4, -0.2) is 24.7 Å². The van der Waals surface area contributed by atoms with Crippen molar-refractivity contribution in [3.63, 3.8) is 0 Å². The Morgan fingerprint density at radius 3 is 2.88 bits per heavy atom. The number of carbonyl (C=O) groups is 1. The maximum absolute atomic E-state index is 12.4. The van der Waals surface area contributed by atoms with E-state index in [1.165, 1.54) is 0 Å². The molecule has 1 amide bonds. The molecular weight excluding hydrogens is 328 g/mol. The number of carbonyl (C=O) groups excluding carboxylic acids is 1. The molecular formula is C18H27ClN2O3. The van der Waals surface area contributed by atoms with Gasteiger partial charge in [0, 0.05) is 30.5 Å². The fourth-order valence-electron chi connectivity index (χ4n) is 3.57. The van der Waals surface area contributed by atoms with Crippen LogP contribution in [0.4, 0.5) is 5.69 Å². The van der Waals surface area contributed by atoms with Crippen LogP contribution >= 0.6 is 12.4 Å². The topological polar surface area (TPSA) is 73.6 Å². The molecule has 0 saturated heterocycles. The first-order chi connectivity index (χ1) is 11.1. The molecule has 0 spiro atoms. The number of hydrogen-bond acceptors (Lipinski definition) is 4. The average Bonchev–Trinajstić information content (AvgIpc) is 3.04. The zero-order chi connectivity index (χ0) is 16.4. The highest BCUT2D eigenvalue weighted by molar-refractivity contribution is 5.93. The third kappa shape index (κ3) is 4.14. The van der Waals surface area contributed by atoms with E-state index in [-0.39, 0.29) is 36.4 Å². The summed E-state index contributed by atoms with van der Waals surface area (Å²) in [5.74, 6) is 1.84. The minimum absolute atomic E-state index is 0. The van der Waals surface area contributed by atoms with Crippen molar-refractivity contribution in [3.8, 4) is 11.5 Å². The number of amides is 1. The van der Waals surface area contributed by atoms with Crippen molar-refractivity contribution >= 4 is 24.0 Å². The molecule has 1 unspecified atom stereocenters. The predicted octanol–water partition coefficient (Wildman–Crippen LogP) is 3.29. The Morgan fingerprint density at radius 1 is 1.42 bits per heavy atom. The molecule has 0 aromatic heterocycles. The van der Waals surface area contributed by atoms with Crippen LogP contribution in [0.2, 0.25) is 0 Å². The molecule has 1 aromatic carbocycles. The van der Waals surface area contributed by atoms with Gasteiger partial charge in [-0.2, -0.15) is 0 Å². The molecule has 0 bridgehead atoms. The summed E-state index contributed by atoms with van der Waals surface area (Å²) in [5, 5.41) is 2.99. The molecule has 1 aliphatic carbocycles. The second-order valence-electron chi connectivity index (χ2n) is 6.63. The van der Waals surface area contributed by atoms with Crippen molar-refractivity contribution in [1.82, 2.24) is 0 Å². The molecule has 3 N–H and O–H groups in total. The zero-order valence-electron chi connectivity index (χ0n) is 14.3. The normalized spacial score (nSPS) is 24.7. The lowest BCUT2D eigenvalue weighted by Gasteiger charge is -2.17. The highest BCUT2D eigenvalue weighted by Gasteiger charge is 2.27. The second-order valence-corrected chi connectivity index (χ2v) is 6.63. The number of hydrogen-bond donors (Lipinski definition) is 2. The molecule has 2 aliphatic rings. The first-order valence-electron chi connectivity index (χ1n) is 8.58. The average molecular weight is 355 g/mol. The Labute approximate surface area is 149 Å². The predicted molar refractivity (Wildman–Crippen MR) is 97.2 cm³/mol. The van der Waals surface area contributed by atoms with Gasteiger partial charge < -0.3 is 20.5 Å². The maximum Gasteiger partial charge on any atom is 0.224 e. The van der Waals surface area contributed by atoms with Crippen molar-refractivity contribution in [2.24, 2.45) is 11.7 Å². The van der Waals surface area contributed by atoms with Gasteiger partial charge in [-0.15, -0.1) is 12.4 Å². The Balaban J connectivity index is 0.00000208. The SMILES string of the molecule is CCOc1cc2c(cc1NC(=O)C[C@@H]1CCC[C@H]1N)OC(C)C2.Cl.